The second-order valence-electron chi connectivity index (χ2n) is 4.49. The van der Waals surface area contributed by atoms with Gasteiger partial charge in [0, 0.05) is 30.1 Å². The quantitative estimate of drug-likeness (QED) is 0.640. The predicted octanol–water partition coefficient (Wildman–Crippen LogP) is 1.68. The Bertz CT molecular complexity index is 650. The molecule has 0 aliphatic heterocycles. The number of hydrogen-bond acceptors (Lipinski definition) is 5. The van der Waals surface area contributed by atoms with E-state index in [1.807, 2.05) is 6.92 Å². The summed E-state index contributed by atoms with van der Waals surface area (Å²) in [5.74, 6) is -0.199. The highest BCUT2D eigenvalue weighted by molar-refractivity contribution is 5.96. The highest BCUT2D eigenvalue weighted by Gasteiger charge is 2.15. The van der Waals surface area contributed by atoms with Crippen LogP contribution in [0, 0.1) is 10.1 Å². The number of fused-ring (bicyclic) bond motifs is 1. The van der Waals surface area contributed by atoms with E-state index in [0.717, 1.165) is 0 Å². The normalized spacial score (nSPS) is 12.3. The second-order valence-corrected chi connectivity index (χ2v) is 4.49. The Labute approximate surface area is 115 Å². The molecule has 2 aromatic rings. The van der Waals surface area contributed by atoms with Gasteiger partial charge in [-0.15, -0.1) is 0 Å². The molecule has 0 spiro atoms. The van der Waals surface area contributed by atoms with Crippen molar-refractivity contribution in [1.82, 2.24) is 10.6 Å². The van der Waals surface area contributed by atoms with Crippen molar-refractivity contribution < 1.29 is 14.1 Å². The SMILES string of the molecule is CNC(C)CNC(=O)c1cc2cc([N+](=O)[O-])ccc2o1. The summed E-state index contributed by atoms with van der Waals surface area (Å²) in [5, 5.41) is 16.9. The number of hydrogen-bond donors (Lipinski definition) is 2. The lowest BCUT2D eigenvalue weighted by Gasteiger charge is -2.09. The van der Waals surface area contributed by atoms with E-state index >= 15 is 0 Å². The summed E-state index contributed by atoms with van der Waals surface area (Å²) in [6.07, 6.45) is 0. The molecule has 0 aliphatic rings. The fourth-order valence-corrected chi connectivity index (χ4v) is 1.69. The minimum atomic E-state index is -0.485. The van der Waals surface area contributed by atoms with E-state index < -0.39 is 4.92 Å². The Kier molecular flexibility index (Phi) is 3.99. The van der Waals surface area contributed by atoms with E-state index in [2.05, 4.69) is 10.6 Å². The molecule has 0 saturated carbocycles. The molecule has 0 aliphatic carbocycles. The molecule has 0 saturated heterocycles. The largest absolute Gasteiger partial charge is 0.451 e. The van der Waals surface area contributed by atoms with Crippen LogP contribution in [0.3, 0.4) is 0 Å². The first-order valence-corrected chi connectivity index (χ1v) is 6.14. The minimum absolute atomic E-state index is 0.0333. The number of non-ortho nitro benzene ring substituents is 1. The monoisotopic (exact) mass is 277 g/mol. The van der Waals surface area contributed by atoms with Gasteiger partial charge in [-0.25, -0.2) is 0 Å². The van der Waals surface area contributed by atoms with Crippen molar-refractivity contribution in [3.8, 4) is 0 Å². The first-order valence-electron chi connectivity index (χ1n) is 6.14. The molecular formula is C13H15N3O4. The number of carbonyl (C=O) groups is 1. The molecule has 0 fully saturated rings. The highest BCUT2D eigenvalue weighted by Crippen LogP contribution is 2.24. The van der Waals surface area contributed by atoms with E-state index in [1.165, 1.54) is 24.3 Å². The molecule has 1 heterocycles. The summed E-state index contributed by atoms with van der Waals surface area (Å²) in [6.45, 7) is 2.40. The van der Waals surface area contributed by atoms with Gasteiger partial charge in [0.15, 0.2) is 5.76 Å². The molecule has 1 aromatic carbocycles. The number of amides is 1. The summed E-state index contributed by atoms with van der Waals surface area (Å²) in [7, 11) is 1.80. The van der Waals surface area contributed by atoms with Gasteiger partial charge in [-0.05, 0) is 26.1 Å². The van der Waals surface area contributed by atoms with Crippen LogP contribution in [-0.4, -0.2) is 30.5 Å². The third-order valence-corrected chi connectivity index (χ3v) is 3.00. The third-order valence-electron chi connectivity index (χ3n) is 3.00. The highest BCUT2D eigenvalue weighted by atomic mass is 16.6. The van der Waals surface area contributed by atoms with Crippen molar-refractivity contribution >= 4 is 22.6 Å². The van der Waals surface area contributed by atoms with E-state index in [4.69, 9.17) is 4.42 Å². The maximum Gasteiger partial charge on any atom is 0.287 e. The molecule has 2 N–H and O–H groups in total. The van der Waals surface area contributed by atoms with Gasteiger partial charge in [-0.2, -0.15) is 0 Å². The van der Waals surface area contributed by atoms with Gasteiger partial charge in [0.2, 0.25) is 0 Å². The lowest BCUT2D eigenvalue weighted by atomic mass is 10.2. The summed E-state index contributed by atoms with van der Waals surface area (Å²) < 4.78 is 5.38. The van der Waals surface area contributed by atoms with Crippen LogP contribution in [0.1, 0.15) is 17.5 Å². The molecule has 1 aromatic heterocycles. The van der Waals surface area contributed by atoms with Crippen molar-refractivity contribution in [1.29, 1.82) is 0 Å². The Balaban J connectivity index is 2.19. The van der Waals surface area contributed by atoms with Crippen LogP contribution in [0.4, 0.5) is 5.69 Å². The van der Waals surface area contributed by atoms with Crippen molar-refractivity contribution in [2.45, 2.75) is 13.0 Å². The number of carbonyl (C=O) groups excluding carboxylic acids is 1. The lowest BCUT2D eigenvalue weighted by molar-refractivity contribution is -0.384. The van der Waals surface area contributed by atoms with E-state index in [1.54, 1.807) is 7.05 Å². The number of nitrogens with zero attached hydrogens (tertiary/aromatic N) is 1. The van der Waals surface area contributed by atoms with Crippen LogP contribution in [0.2, 0.25) is 0 Å². The van der Waals surface area contributed by atoms with Crippen LogP contribution in [0.15, 0.2) is 28.7 Å². The van der Waals surface area contributed by atoms with Crippen molar-refractivity contribution in [2.75, 3.05) is 13.6 Å². The van der Waals surface area contributed by atoms with Crippen molar-refractivity contribution in [3.63, 3.8) is 0 Å². The molecule has 1 unspecified atom stereocenters. The number of rotatable bonds is 5. The summed E-state index contributed by atoms with van der Waals surface area (Å²) in [5.41, 5.74) is 0.413. The second kappa shape index (κ2) is 5.70. The fourth-order valence-electron chi connectivity index (χ4n) is 1.69. The Morgan fingerprint density at radius 3 is 2.85 bits per heavy atom. The molecule has 2 rings (SSSR count). The minimum Gasteiger partial charge on any atom is -0.451 e. The first-order chi connectivity index (χ1) is 9.51. The van der Waals surface area contributed by atoms with Crippen LogP contribution >= 0.6 is 0 Å². The maximum absolute atomic E-state index is 11.9. The van der Waals surface area contributed by atoms with Gasteiger partial charge in [0.05, 0.1) is 4.92 Å². The van der Waals surface area contributed by atoms with Crippen molar-refractivity contribution in [2.24, 2.45) is 0 Å². The Hall–Kier alpha value is -2.41. The number of furan rings is 1. The topological polar surface area (TPSA) is 97.4 Å². The number of nitro groups is 1. The van der Waals surface area contributed by atoms with E-state index in [0.29, 0.717) is 17.5 Å². The van der Waals surface area contributed by atoms with E-state index in [-0.39, 0.29) is 23.4 Å². The molecule has 0 bridgehead atoms. The molecule has 20 heavy (non-hydrogen) atoms. The fraction of sp³-hybridized carbons (Fsp3) is 0.308. The van der Waals surface area contributed by atoms with Crippen LogP contribution in [-0.2, 0) is 0 Å². The molecule has 106 valence electrons. The maximum atomic E-state index is 11.9. The van der Waals surface area contributed by atoms with Crippen LogP contribution in [0.25, 0.3) is 11.0 Å². The molecule has 0 radical (unpaired) electrons. The van der Waals surface area contributed by atoms with E-state index in [9.17, 15) is 14.9 Å². The molecule has 7 heteroatoms. The molecule has 7 nitrogen and oxygen atoms in total. The number of nitrogens with one attached hydrogen (secondary N) is 2. The standard InChI is InChI=1S/C13H15N3O4/c1-8(14-2)7-15-13(17)12-6-9-5-10(16(18)19)3-4-11(9)20-12/h3-6,8,14H,7H2,1-2H3,(H,15,17). The van der Waals surface area contributed by atoms with Gasteiger partial charge >= 0.3 is 0 Å². The zero-order valence-electron chi connectivity index (χ0n) is 11.2. The molecular weight excluding hydrogens is 262 g/mol. The van der Waals surface area contributed by atoms with Crippen LogP contribution < -0.4 is 10.6 Å². The van der Waals surface area contributed by atoms with Gasteiger partial charge in [0.25, 0.3) is 11.6 Å². The zero-order chi connectivity index (χ0) is 14.7. The van der Waals surface area contributed by atoms with Gasteiger partial charge in [-0.1, -0.05) is 0 Å². The number of likely N-dealkylation sites (N-methyl/N-ethyl adjacent to an activating group) is 1. The third kappa shape index (κ3) is 2.94. The van der Waals surface area contributed by atoms with Gasteiger partial charge in [-0.3, -0.25) is 14.9 Å². The van der Waals surface area contributed by atoms with Gasteiger partial charge in [0.1, 0.15) is 5.58 Å². The Morgan fingerprint density at radius 2 is 2.20 bits per heavy atom. The molecule has 1 amide bonds. The summed E-state index contributed by atoms with van der Waals surface area (Å²) >= 11 is 0. The summed E-state index contributed by atoms with van der Waals surface area (Å²) in [4.78, 5) is 22.1. The molecule has 1 atom stereocenters. The smallest absolute Gasteiger partial charge is 0.287 e. The first kappa shape index (κ1) is 14.0. The lowest BCUT2D eigenvalue weighted by Crippen LogP contribution is -2.36. The zero-order valence-corrected chi connectivity index (χ0v) is 11.2. The van der Waals surface area contributed by atoms with Crippen molar-refractivity contribution in [3.05, 3.63) is 40.1 Å². The Morgan fingerprint density at radius 1 is 1.45 bits per heavy atom. The predicted molar refractivity (Wildman–Crippen MR) is 73.7 cm³/mol. The average molecular weight is 277 g/mol. The number of nitro benzene ring substituents is 1. The van der Waals surface area contributed by atoms with Gasteiger partial charge < -0.3 is 15.1 Å². The average Bonchev–Trinajstić information content (AvgIpc) is 2.87. The van der Waals surface area contributed by atoms with Crippen LogP contribution in [0.5, 0.6) is 0 Å². The number of benzene rings is 1. The summed E-state index contributed by atoms with van der Waals surface area (Å²) in [6, 6.07) is 5.86.